The molecule has 20 heavy (non-hydrogen) atoms. The number of para-hydroxylation sites is 2. The van der Waals surface area contributed by atoms with Crippen molar-refractivity contribution in [1.82, 2.24) is 4.98 Å². The van der Waals surface area contributed by atoms with Crippen molar-refractivity contribution in [2.45, 2.75) is 37.0 Å². The van der Waals surface area contributed by atoms with Gasteiger partial charge in [0.25, 0.3) is 0 Å². The van der Waals surface area contributed by atoms with Gasteiger partial charge in [0.15, 0.2) is 21.3 Å². The molecule has 2 atom stereocenters. The van der Waals surface area contributed by atoms with Crippen LogP contribution in [0.3, 0.4) is 0 Å². The first-order valence-corrected chi connectivity index (χ1v) is 8.52. The van der Waals surface area contributed by atoms with Crippen LogP contribution in [-0.4, -0.2) is 35.6 Å². The van der Waals surface area contributed by atoms with Gasteiger partial charge in [0.1, 0.15) is 5.52 Å². The van der Waals surface area contributed by atoms with Crippen molar-refractivity contribution in [2.75, 3.05) is 5.75 Å². The van der Waals surface area contributed by atoms with Crippen LogP contribution in [0.25, 0.3) is 11.1 Å². The number of sulfone groups is 1. The molecule has 2 aromatic rings. The molecule has 5 nitrogen and oxygen atoms in total. The predicted octanol–water partition coefficient (Wildman–Crippen LogP) is 1.70. The average Bonchev–Trinajstić information content (AvgIpc) is 2.80. The highest BCUT2D eigenvalue weighted by molar-refractivity contribution is 7.92. The summed E-state index contributed by atoms with van der Waals surface area (Å²) in [5.74, 6) is 0.557. The van der Waals surface area contributed by atoms with E-state index in [2.05, 4.69) is 4.98 Å². The molecule has 3 rings (SSSR count). The average molecular weight is 295 g/mol. The molecule has 1 aliphatic rings. The van der Waals surface area contributed by atoms with Crippen molar-refractivity contribution >= 4 is 20.9 Å². The highest BCUT2D eigenvalue weighted by atomic mass is 32.2. The summed E-state index contributed by atoms with van der Waals surface area (Å²) in [4.78, 5) is 4.27. The van der Waals surface area contributed by atoms with E-state index in [1.807, 2.05) is 18.2 Å². The zero-order valence-electron chi connectivity index (χ0n) is 11.0. The summed E-state index contributed by atoms with van der Waals surface area (Å²) in [6.45, 7) is 0. The Morgan fingerprint density at radius 1 is 1.35 bits per heavy atom. The van der Waals surface area contributed by atoms with Gasteiger partial charge in [-0.2, -0.15) is 0 Å². The normalized spacial score (nSPS) is 23.8. The number of nitrogens with zero attached hydrogens (tertiary/aromatic N) is 1. The molecule has 6 heteroatoms. The maximum Gasteiger partial charge on any atom is 0.198 e. The van der Waals surface area contributed by atoms with Gasteiger partial charge in [-0.25, -0.2) is 13.4 Å². The minimum Gasteiger partial charge on any atom is -0.441 e. The van der Waals surface area contributed by atoms with Gasteiger partial charge in [-0.3, -0.25) is 0 Å². The molecule has 2 heterocycles. The van der Waals surface area contributed by atoms with Crippen LogP contribution in [0.2, 0.25) is 0 Å². The monoisotopic (exact) mass is 295 g/mol. The predicted molar refractivity (Wildman–Crippen MR) is 75.1 cm³/mol. The van der Waals surface area contributed by atoms with Crippen molar-refractivity contribution in [2.24, 2.45) is 0 Å². The van der Waals surface area contributed by atoms with Crippen LogP contribution in [0.5, 0.6) is 0 Å². The minimum absolute atomic E-state index is 0.137. The van der Waals surface area contributed by atoms with Gasteiger partial charge in [0, 0.05) is 0 Å². The Labute approximate surface area is 117 Å². The number of hydrogen-bond donors (Lipinski definition) is 1. The van der Waals surface area contributed by atoms with Gasteiger partial charge < -0.3 is 9.52 Å². The lowest BCUT2D eigenvalue weighted by Gasteiger charge is -2.25. The van der Waals surface area contributed by atoms with Gasteiger partial charge in [-0.15, -0.1) is 0 Å². The second-order valence-electron chi connectivity index (χ2n) is 5.25. The first-order chi connectivity index (χ1) is 9.56. The van der Waals surface area contributed by atoms with Crippen molar-refractivity contribution in [1.29, 1.82) is 0 Å². The first kappa shape index (κ1) is 13.6. The van der Waals surface area contributed by atoms with Crippen molar-refractivity contribution in [3.05, 3.63) is 30.2 Å². The summed E-state index contributed by atoms with van der Waals surface area (Å²) in [5, 5.41) is 9.52. The third-order valence-electron chi connectivity index (χ3n) is 3.78. The van der Waals surface area contributed by atoms with Gasteiger partial charge in [-0.1, -0.05) is 18.6 Å². The molecule has 108 valence electrons. The van der Waals surface area contributed by atoms with E-state index in [1.165, 1.54) is 0 Å². The zero-order chi connectivity index (χ0) is 14.2. The van der Waals surface area contributed by atoms with E-state index in [0.717, 1.165) is 11.9 Å². The fourth-order valence-corrected chi connectivity index (χ4v) is 4.74. The molecule has 0 spiro atoms. The first-order valence-electron chi connectivity index (χ1n) is 6.80. The van der Waals surface area contributed by atoms with Crippen molar-refractivity contribution in [3.8, 4) is 0 Å². The molecule has 1 aromatic heterocycles. The third kappa shape index (κ3) is 2.58. The Morgan fingerprint density at radius 2 is 2.15 bits per heavy atom. The molecule has 2 unspecified atom stereocenters. The van der Waals surface area contributed by atoms with Gasteiger partial charge >= 0.3 is 0 Å². The summed E-state index contributed by atoms with van der Waals surface area (Å²) in [7, 11) is -3.19. The molecule has 1 N–H and O–H groups in total. The van der Waals surface area contributed by atoms with Crippen LogP contribution < -0.4 is 0 Å². The highest BCUT2D eigenvalue weighted by Crippen LogP contribution is 2.25. The highest BCUT2D eigenvalue weighted by Gasteiger charge is 2.35. The van der Waals surface area contributed by atoms with Crippen LogP contribution in [0.15, 0.2) is 28.7 Å². The Balaban J connectivity index is 1.79. The summed E-state index contributed by atoms with van der Waals surface area (Å²) < 4.78 is 29.5. The van der Waals surface area contributed by atoms with Crippen LogP contribution in [0, 0.1) is 0 Å². The number of fused-ring (bicyclic) bond motifs is 1. The topological polar surface area (TPSA) is 80.4 Å². The van der Waals surface area contributed by atoms with Crippen LogP contribution in [0.1, 0.15) is 25.2 Å². The van der Waals surface area contributed by atoms with E-state index in [4.69, 9.17) is 4.42 Å². The van der Waals surface area contributed by atoms with Crippen molar-refractivity contribution < 1.29 is 17.9 Å². The van der Waals surface area contributed by atoms with Crippen LogP contribution in [-0.2, 0) is 16.3 Å². The Kier molecular flexibility index (Phi) is 3.52. The molecule has 1 aliphatic heterocycles. The number of aromatic nitrogens is 1. The van der Waals surface area contributed by atoms with Crippen LogP contribution >= 0.6 is 0 Å². The fourth-order valence-electron chi connectivity index (χ4n) is 2.73. The number of benzene rings is 1. The summed E-state index contributed by atoms with van der Waals surface area (Å²) in [5.41, 5.74) is 1.38. The van der Waals surface area contributed by atoms with Crippen LogP contribution in [0.4, 0.5) is 0 Å². The van der Waals surface area contributed by atoms with E-state index in [9.17, 15) is 13.5 Å². The SMILES string of the molecule is O=S1(=O)CCCCC1C(O)Cc1nc2ccccc2o1. The second-order valence-corrected chi connectivity index (χ2v) is 7.59. The second kappa shape index (κ2) is 5.18. The van der Waals surface area contributed by atoms with E-state index in [0.29, 0.717) is 24.3 Å². The zero-order valence-corrected chi connectivity index (χ0v) is 11.8. The molecule has 0 aliphatic carbocycles. The quantitative estimate of drug-likeness (QED) is 0.932. The fraction of sp³-hybridized carbons (Fsp3) is 0.500. The van der Waals surface area contributed by atoms with E-state index in [1.54, 1.807) is 6.07 Å². The summed E-state index contributed by atoms with van der Waals surface area (Å²) in [6.07, 6.45) is 1.24. The van der Waals surface area contributed by atoms with Gasteiger partial charge in [-0.05, 0) is 25.0 Å². The summed E-state index contributed by atoms with van der Waals surface area (Å²) >= 11 is 0. The van der Waals surface area contributed by atoms with Crippen molar-refractivity contribution in [3.63, 3.8) is 0 Å². The molecule has 1 fully saturated rings. The van der Waals surface area contributed by atoms with E-state index in [-0.39, 0.29) is 12.2 Å². The van der Waals surface area contributed by atoms with E-state index < -0.39 is 21.2 Å². The molecule has 0 saturated carbocycles. The Morgan fingerprint density at radius 3 is 2.90 bits per heavy atom. The Bertz CT molecular complexity index is 674. The number of hydrogen-bond acceptors (Lipinski definition) is 5. The number of oxazole rings is 1. The van der Waals surface area contributed by atoms with Gasteiger partial charge in [0.05, 0.1) is 23.5 Å². The molecular weight excluding hydrogens is 278 g/mol. The lowest BCUT2D eigenvalue weighted by Crippen LogP contribution is -2.39. The smallest absolute Gasteiger partial charge is 0.198 e. The maximum atomic E-state index is 12.0. The standard InChI is InChI=1S/C14H17NO4S/c16-11(13-7-3-4-8-20(13,17)18)9-14-15-10-5-1-2-6-12(10)19-14/h1-2,5-6,11,13,16H,3-4,7-9H2. The molecule has 0 radical (unpaired) electrons. The maximum absolute atomic E-state index is 12.0. The number of aliphatic hydroxyl groups is 1. The summed E-state index contributed by atoms with van der Waals surface area (Å²) in [6, 6.07) is 7.33. The van der Waals surface area contributed by atoms with E-state index >= 15 is 0 Å². The minimum atomic E-state index is -3.19. The lowest BCUT2D eigenvalue weighted by molar-refractivity contribution is 0.154. The molecular formula is C14H17NO4S. The molecule has 1 saturated heterocycles. The number of aliphatic hydroxyl groups excluding tert-OH is 1. The lowest BCUT2D eigenvalue weighted by atomic mass is 10.1. The molecule has 1 aromatic carbocycles. The number of rotatable bonds is 3. The third-order valence-corrected chi connectivity index (χ3v) is 6.11. The largest absolute Gasteiger partial charge is 0.441 e. The molecule has 0 amide bonds. The molecule has 0 bridgehead atoms. The van der Waals surface area contributed by atoms with Gasteiger partial charge in [0.2, 0.25) is 0 Å². The Hall–Kier alpha value is -1.40.